The smallest absolute Gasteiger partial charge is 0.360 e. The van der Waals surface area contributed by atoms with Crippen molar-refractivity contribution in [2.45, 2.75) is 39.7 Å². The minimum atomic E-state index is -1.92. The Hall–Kier alpha value is -1.40. The molecule has 0 amide bonds. The largest absolute Gasteiger partial charge is 0.463 e. The van der Waals surface area contributed by atoms with E-state index in [2.05, 4.69) is 0 Å². The second kappa shape index (κ2) is 8.71. The van der Waals surface area contributed by atoms with Crippen molar-refractivity contribution in [1.29, 1.82) is 0 Å². The molecule has 1 aromatic rings. The Morgan fingerprint density at radius 2 is 1.95 bits per heavy atom. The van der Waals surface area contributed by atoms with Gasteiger partial charge in [0.1, 0.15) is 18.5 Å². The van der Waals surface area contributed by atoms with Gasteiger partial charge in [-0.2, -0.15) is 4.21 Å². The zero-order valence-corrected chi connectivity index (χ0v) is 12.8. The van der Waals surface area contributed by atoms with Gasteiger partial charge in [-0.3, -0.25) is 8.98 Å². The molecule has 0 saturated carbocycles. The van der Waals surface area contributed by atoms with Crippen LogP contribution in [-0.2, 0) is 25.1 Å². The van der Waals surface area contributed by atoms with Gasteiger partial charge in [-0.15, -0.1) is 0 Å². The van der Waals surface area contributed by atoms with Crippen LogP contribution >= 0.6 is 0 Å². The topological polar surface area (TPSA) is 61.8 Å². The Morgan fingerprint density at radius 3 is 2.55 bits per heavy atom. The molecule has 5 nitrogen and oxygen atoms in total. The predicted octanol–water partition coefficient (Wildman–Crippen LogP) is 2.70. The number of carbonyl (C=O) groups is 1. The van der Waals surface area contributed by atoms with E-state index in [0.29, 0.717) is 12.2 Å². The zero-order valence-electron chi connectivity index (χ0n) is 12.0. The van der Waals surface area contributed by atoms with E-state index >= 15 is 0 Å². The van der Waals surface area contributed by atoms with Crippen molar-refractivity contribution in [2.24, 2.45) is 0 Å². The summed E-state index contributed by atoms with van der Waals surface area (Å²) >= 11 is -1.92. The molecule has 1 rings (SSSR count). The summed E-state index contributed by atoms with van der Waals surface area (Å²) in [5.74, 6) is 0.178. The van der Waals surface area contributed by atoms with E-state index < -0.39 is 17.5 Å². The first-order chi connectivity index (χ1) is 9.51. The molecular formula is C14H20O5S. The van der Waals surface area contributed by atoms with E-state index in [-0.39, 0.29) is 12.6 Å². The molecule has 0 fully saturated rings. The SMILES string of the molecule is CCCC(=O)OCC(C)OS(=O)Oc1ccc(C)cc1. The number of hydrogen-bond acceptors (Lipinski definition) is 5. The van der Waals surface area contributed by atoms with Gasteiger partial charge in [0, 0.05) is 6.42 Å². The Bertz CT molecular complexity index is 443. The van der Waals surface area contributed by atoms with Gasteiger partial charge in [0.2, 0.25) is 0 Å². The summed E-state index contributed by atoms with van der Waals surface area (Å²) in [6, 6.07) is 7.12. The molecule has 0 bridgehead atoms. The maximum absolute atomic E-state index is 11.6. The number of esters is 1. The molecule has 0 aliphatic rings. The minimum Gasteiger partial charge on any atom is -0.463 e. The fraction of sp³-hybridized carbons (Fsp3) is 0.500. The van der Waals surface area contributed by atoms with Crippen LogP contribution in [0.5, 0.6) is 5.75 Å². The minimum absolute atomic E-state index is 0.0574. The van der Waals surface area contributed by atoms with Crippen molar-refractivity contribution in [2.75, 3.05) is 6.61 Å². The summed E-state index contributed by atoms with van der Waals surface area (Å²) < 4.78 is 26.8. The van der Waals surface area contributed by atoms with Crippen molar-refractivity contribution < 1.29 is 22.1 Å². The summed E-state index contributed by atoms with van der Waals surface area (Å²) in [7, 11) is 0. The van der Waals surface area contributed by atoms with Gasteiger partial charge in [0.05, 0.1) is 0 Å². The Labute approximate surface area is 122 Å². The monoisotopic (exact) mass is 300 g/mol. The first-order valence-corrected chi connectivity index (χ1v) is 7.50. The standard InChI is InChI=1S/C14H20O5S/c1-4-5-14(15)17-10-12(3)18-20(16)19-13-8-6-11(2)7-9-13/h6-9,12H,4-5,10H2,1-3H3. The van der Waals surface area contributed by atoms with Crippen LogP contribution in [0.4, 0.5) is 0 Å². The van der Waals surface area contributed by atoms with Crippen molar-refractivity contribution >= 4 is 17.3 Å². The number of ether oxygens (including phenoxy) is 1. The molecule has 112 valence electrons. The van der Waals surface area contributed by atoms with Gasteiger partial charge in [-0.05, 0) is 32.4 Å². The van der Waals surface area contributed by atoms with Crippen molar-refractivity contribution in [3.63, 3.8) is 0 Å². The summed E-state index contributed by atoms with van der Waals surface area (Å²) in [5, 5.41) is 0. The third-order valence-electron chi connectivity index (χ3n) is 2.36. The highest BCUT2D eigenvalue weighted by molar-refractivity contribution is 7.75. The van der Waals surface area contributed by atoms with Gasteiger partial charge < -0.3 is 8.92 Å². The highest BCUT2D eigenvalue weighted by Gasteiger charge is 2.12. The van der Waals surface area contributed by atoms with Crippen molar-refractivity contribution in [1.82, 2.24) is 0 Å². The van der Waals surface area contributed by atoms with E-state index in [9.17, 15) is 9.00 Å². The van der Waals surface area contributed by atoms with Crippen LogP contribution in [0, 0.1) is 6.92 Å². The van der Waals surface area contributed by atoms with E-state index in [0.717, 1.165) is 12.0 Å². The molecule has 2 atom stereocenters. The van der Waals surface area contributed by atoms with Crippen LogP contribution in [0.2, 0.25) is 0 Å². The van der Waals surface area contributed by atoms with E-state index in [1.807, 2.05) is 26.0 Å². The van der Waals surface area contributed by atoms with Gasteiger partial charge in [0.25, 0.3) is 0 Å². The molecule has 2 unspecified atom stereocenters. The molecule has 0 aliphatic carbocycles. The van der Waals surface area contributed by atoms with Crippen LogP contribution in [0.25, 0.3) is 0 Å². The molecule has 0 N–H and O–H groups in total. The summed E-state index contributed by atoms with van der Waals surface area (Å²) in [6.07, 6.45) is 0.605. The highest BCUT2D eigenvalue weighted by atomic mass is 32.2. The van der Waals surface area contributed by atoms with Crippen molar-refractivity contribution in [3.05, 3.63) is 29.8 Å². The average molecular weight is 300 g/mol. The molecule has 0 saturated heterocycles. The fourth-order valence-corrected chi connectivity index (χ4v) is 1.97. The maximum Gasteiger partial charge on any atom is 0.360 e. The predicted molar refractivity (Wildman–Crippen MR) is 76.4 cm³/mol. The Balaban J connectivity index is 2.30. The lowest BCUT2D eigenvalue weighted by molar-refractivity contribution is -0.145. The summed E-state index contributed by atoms with van der Waals surface area (Å²) in [4.78, 5) is 11.2. The third-order valence-corrected chi connectivity index (χ3v) is 3.18. The van der Waals surface area contributed by atoms with Crippen LogP contribution in [0.15, 0.2) is 24.3 Å². The molecule has 6 heteroatoms. The number of hydrogen-bond donors (Lipinski definition) is 0. The Morgan fingerprint density at radius 1 is 1.30 bits per heavy atom. The van der Waals surface area contributed by atoms with Gasteiger partial charge in [-0.25, -0.2) is 0 Å². The van der Waals surface area contributed by atoms with Crippen LogP contribution in [0.1, 0.15) is 32.3 Å². The first kappa shape index (κ1) is 16.7. The van der Waals surface area contributed by atoms with Crippen LogP contribution < -0.4 is 4.18 Å². The number of aryl methyl sites for hydroxylation is 1. The lowest BCUT2D eigenvalue weighted by atomic mass is 10.2. The summed E-state index contributed by atoms with van der Waals surface area (Å²) in [6.45, 7) is 5.56. The first-order valence-electron chi connectivity index (χ1n) is 6.50. The second-order valence-electron chi connectivity index (χ2n) is 4.44. The molecule has 0 aromatic heterocycles. The van der Waals surface area contributed by atoms with E-state index in [4.69, 9.17) is 13.1 Å². The van der Waals surface area contributed by atoms with E-state index in [1.165, 1.54) is 0 Å². The average Bonchev–Trinajstić information content (AvgIpc) is 2.39. The number of benzene rings is 1. The molecular weight excluding hydrogens is 280 g/mol. The molecule has 0 radical (unpaired) electrons. The van der Waals surface area contributed by atoms with E-state index in [1.54, 1.807) is 19.1 Å². The van der Waals surface area contributed by atoms with Gasteiger partial charge >= 0.3 is 17.3 Å². The normalized spacial score (nSPS) is 13.6. The number of rotatable bonds is 8. The lowest BCUT2D eigenvalue weighted by Crippen LogP contribution is -2.21. The third kappa shape index (κ3) is 6.68. The highest BCUT2D eigenvalue weighted by Crippen LogP contribution is 2.13. The van der Waals surface area contributed by atoms with Gasteiger partial charge in [0.15, 0.2) is 0 Å². The second-order valence-corrected chi connectivity index (χ2v) is 5.21. The van der Waals surface area contributed by atoms with Crippen LogP contribution in [0.3, 0.4) is 0 Å². The maximum atomic E-state index is 11.6. The zero-order chi connectivity index (χ0) is 15.0. The summed E-state index contributed by atoms with van der Waals surface area (Å²) in [5.41, 5.74) is 1.08. The van der Waals surface area contributed by atoms with Crippen molar-refractivity contribution in [3.8, 4) is 5.75 Å². The Kier molecular flexibility index (Phi) is 7.25. The molecule has 1 aromatic carbocycles. The molecule has 0 heterocycles. The molecule has 20 heavy (non-hydrogen) atoms. The quantitative estimate of drug-likeness (QED) is 0.691. The number of carbonyl (C=O) groups excluding carboxylic acids is 1. The molecule has 0 aliphatic heterocycles. The van der Waals surface area contributed by atoms with Gasteiger partial charge in [-0.1, -0.05) is 24.6 Å². The van der Waals surface area contributed by atoms with Crippen LogP contribution in [-0.4, -0.2) is 22.9 Å². The fourth-order valence-electron chi connectivity index (χ4n) is 1.34. The molecule has 0 spiro atoms. The lowest BCUT2D eigenvalue weighted by Gasteiger charge is -2.12.